The van der Waals surface area contributed by atoms with Crippen LogP contribution in [-0.4, -0.2) is 49.2 Å². The molecule has 2 N–H and O–H groups in total. The molecule has 6 heteroatoms. The molecule has 1 saturated heterocycles. The second kappa shape index (κ2) is 11.1. The number of hydrogen-bond donors (Lipinski definition) is 2. The van der Waals surface area contributed by atoms with E-state index in [1.807, 2.05) is 60.7 Å². The topological polar surface area (TPSA) is 49.3 Å². The first-order valence-electron chi connectivity index (χ1n) is 12.0. The van der Waals surface area contributed by atoms with Crippen LogP contribution in [0.5, 0.6) is 0 Å². The summed E-state index contributed by atoms with van der Waals surface area (Å²) in [5.41, 5.74) is 1.32. The van der Waals surface area contributed by atoms with Crippen LogP contribution in [0, 0.1) is 0 Å². The van der Waals surface area contributed by atoms with Gasteiger partial charge in [-0.05, 0) is 28.8 Å². The Balaban J connectivity index is 0.00000342. The van der Waals surface area contributed by atoms with Crippen molar-refractivity contribution in [3.05, 3.63) is 107 Å². The number of carbonyl (C=O) groups is 1. The van der Waals surface area contributed by atoms with Gasteiger partial charge in [0.05, 0.1) is 26.7 Å². The number of likely N-dealkylation sites (tertiary alicyclic amines) is 1. The van der Waals surface area contributed by atoms with Crippen molar-refractivity contribution in [1.82, 2.24) is 5.32 Å². The monoisotopic (exact) mass is 513 g/mol. The van der Waals surface area contributed by atoms with Crippen molar-refractivity contribution in [2.75, 3.05) is 33.7 Å². The van der Waals surface area contributed by atoms with Crippen LogP contribution in [0.2, 0.25) is 5.02 Å². The lowest BCUT2D eigenvalue weighted by atomic mass is 9.70. The maximum absolute atomic E-state index is 13.6. The van der Waals surface area contributed by atoms with E-state index in [-0.39, 0.29) is 18.3 Å². The number of piperidine rings is 1. The Morgan fingerprint density at radius 2 is 1.43 bits per heavy atom. The standard InChI is InChI=1S/C29H33ClN2O2.ClH/c1-31-27(33)29(24-9-5-3-6-10-24,25-11-7-4-8-12-25)19-22-32(2)20-17-28(34,18-21-32)23-13-15-26(30)16-14-23;/h3-16,34H,17-22H2,1-2H3;1H/p+1. The number of rotatable bonds is 7. The zero-order valence-corrected chi connectivity index (χ0v) is 22.0. The number of aliphatic hydroxyl groups is 1. The molecule has 0 atom stereocenters. The molecule has 0 radical (unpaired) electrons. The molecule has 0 aliphatic carbocycles. The molecule has 0 saturated carbocycles. The zero-order valence-electron chi connectivity index (χ0n) is 20.4. The Hall–Kier alpha value is -2.37. The van der Waals surface area contributed by atoms with Crippen molar-refractivity contribution in [1.29, 1.82) is 0 Å². The van der Waals surface area contributed by atoms with Crippen LogP contribution in [-0.2, 0) is 15.8 Å². The Bertz CT molecular complexity index is 1060. The van der Waals surface area contributed by atoms with Gasteiger partial charge >= 0.3 is 0 Å². The van der Waals surface area contributed by atoms with E-state index in [1.165, 1.54) is 0 Å². The van der Waals surface area contributed by atoms with Crippen molar-refractivity contribution in [2.45, 2.75) is 30.3 Å². The maximum Gasteiger partial charge on any atom is 0.235 e. The number of amides is 1. The minimum absolute atomic E-state index is 0. The van der Waals surface area contributed by atoms with E-state index < -0.39 is 11.0 Å². The van der Waals surface area contributed by atoms with Gasteiger partial charge in [0.25, 0.3) is 0 Å². The smallest absolute Gasteiger partial charge is 0.235 e. The third-order valence-corrected chi connectivity index (χ3v) is 7.94. The number of benzene rings is 3. The summed E-state index contributed by atoms with van der Waals surface area (Å²) >= 11 is 6.05. The van der Waals surface area contributed by atoms with Crippen molar-refractivity contribution >= 4 is 29.9 Å². The number of nitrogens with one attached hydrogen (secondary N) is 1. The van der Waals surface area contributed by atoms with E-state index in [9.17, 15) is 9.90 Å². The minimum Gasteiger partial charge on any atom is -0.385 e. The van der Waals surface area contributed by atoms with Crippen LogP contribution in [0.4, 0.5) is 0 Å². The van der Waals surface area contributed by atoms with E-state index in [0.29, 0.717) is 24.3 Å². The molecule has 0 bridgehead atoms. The van der Waals surface area contributed by atoms with Gasteiger partial charge < -0.3 is 14.9 Å². The molecule has 1 fully saturated rings. The number of likely N-dealkylation sites (N-methyl/N-ethyl adjacent to an activating group) is 1. The van der Waals surface area contributed by atoms with Crippen LogP contribution < -0.4 is 5.32 Å². The van der Waals surface area contributed by atoms with Crippen LogP contribution >= 0.6 is 24.0 Å². The van der Waals surface area contributed by atoms with Gasteiger partial charge in [0.15, 0.2) is 0 Å². The van der Waals surface area contributed by atoms with E-state index in [0.717, 1.165) is 40.8 Å². The van der Waals surface area contributed by atoms with Crippen molar-refractivity contribution < 1.29 is 14.4 Å². The third-order valence-electron chi connectivity index (χ3n) is 7.69. The van der Waals surface area contributed by atoms with Gasteiger partial charge in [0, 0.05) is 31.3 Å². The third kappa shape index (κ3) is 5.57. The Morgan fingerprint density at radius 3 is 1.89 bits per heavy atom. The summed E-state index contributed by atoms with van der Waals surface area (Å²) in [6.45, 7) is 2.51. The highest BCUT2D eigenvalue weighted by atomic mass is 35.5. The van der Waals surface area contributed by atoms with E-state index in [4.69, 9.17) is 11.6 Å². The molecular formula is C29H35Cl2N2O2+. The average molecular weight is 515 g/mol. The predicted molar refractivity (Wildman–Crippen MR) is 145 cm³/mol. The largest absolute Gasteiger partial charge is 0.385 e. The number of halogens is 2. The second-order valence-corrected chi connectivity index (χ2v) is 10.2. The molecule has 3 aromatic carbocycles. The van der Waals surface area contributed by atoms with Gasteiger partial charge in [-0.1, -0.05) is 84.4 Å². The predicted octanol–water partition coefficient (Wildman–Crippen LogP) is 5.31. The number of hydrogen-bond acceptors (Lipinski definition) is 2. The molecule has 4 rings (SSSR count). The SMILES string of the molecule is CNC(=O)C(CC[N+]1(C)CCC(O)(c2ccc(Cl)cc2)CC1)(c1ccccc1)c1ccccc1.Cl. The summed E-state index contributed by atoms with van der Waals surface area (Å²) < 4.78 is 0.814. The molecule has 0 aromatic heterocycles. The first-order chi connectivity index (χ1) is 16.3. The highest BCUT2D eigenvalue weighted by Crippen LogP contribution is 2.40. The van der Waals surface area contributed by atoms with Gasteiger partial charge in [-0.2, -0.15) is 0 Å². The van der Waals surface area contributed by atoms with E-state index in [1.54, 1.807) is 7.05 Å². The molecule has 0 unspecified atom stereocenters. The van der Waals surface area contributed by atoms with E-state index >= 15 is 0 Å². The summed E-state index contributed by atoms with van der Waals surface area (Å²) in [5, 5.41) is 15.0. The molecule has 1 aliphatic rings. The highest BCUT2D eigenvalue weighted by molar-refractivity contribution is 6.30. The Morgan fingerprint density at radius 1 is 0.943 bits per heavy atom. The van der Waals surface area contributed by atoms with E-state index in [2.05, 4.69) is 36.6 Å². The van der Waals surface area contributed by atoms with Crippen molar-refractivity contribution in [3.63, 3.8) is 0 Å². The Labute approximate surface area is 219 Å². The summed E-state index contributed by atoms with van der Waals surface area (Å²) in [7, 11) is 3.96. The number of quaternary nitrogens is 1. The lowest BCUT2D eigenvalue weighted by Gasteiger charge is -2.46. The fourth-order valence-electron chi connectivity index (χ4n) is 5.35. The summed E-state index contributed by atoms with van der Waals surface area (Å²) in [5.74, 6) is 0.00572. The first-order valence-corrected chi connectivity index (χ1v) is 12.3. The lowest BCUT2D eigenvalue weighted by Crippen LogP contribution is -2.56. The van der Waals surface area contributed by atoms with Gasteiger partial charge in [-0.15, -0.1) is 12.4 Å². The van der Waals surface area contributed by atoms with Crippen molar-refractivity contribution in [2.24, 2.45) is 0 Å². The molecular weight excluding hydrogens is 479 g/mol. The zero-order chi connectivity index (χ0) is 24.2. The summed E-state index contributed by atoms with van der Waals surface area (Å²) in [4.78, 5) is 13.6. The molecule has 1 amide bonds. The summed E-state index contributed by atoms with van der Waals surface area (Å²) in [6, 6.07) is 27.7. The van der Waals surface area contributed by atoms with Crippen LogP contribution in [0.15, 0.2) is 84.9 Å². The van der Waals surface area contributed by atoms with Gasteiger partial charge in [0.1, 0.15) is 11.0 Å². The number of carbonyl (C=O) groups excluding carboxylic acids is 1. The molecule has 4 nitrogen and oxygen atoms in total. The maximum atomic E-state index is 13.6. The summed E-state index contributed by atoms with van der Waals surface area (Å²) in [6.07, 6.45) is 2.03. The van der Waals surface area contributed by atoms with Gasteiger partial charge in [-0.3, -0.25) is 4.79 Å². The van der Waals surface area contributed by atoms with Gasteiger partial charge in [0.2, 0.25) is 5.91 Å². The quantitative estimate of drug-likeness (QED) is 0.420. The minimum atomic E-state index is -0.834. The molecule has 3 aromatic rings. The first kappa shape index (κ1) is 27.2. The normalized spacial score (nSPS) is 22.2. The second-order valence-electron chi connectivity index (χ2n) is 9.80. The van der Waals surface area contributed by atoms with Crippen molar-refractivity contribution in [3.8, 4) is 0 Å². The molecule has 0 spiro atoms. The van der Waals surface area contributed by atoms with Crippen LogP contribution in [0.3, 0.4) is 0 Å². The molecule has 186 valence electrons. The van der Waals surface area contributed by atoms with Crippen LogP contribution in [0.25, 0.3) is 0 Å². The fraction of sp³-hybridized carbons (Fsp3) is 0.345. The average Bonchev–Trinajstić information content (AvgIpc) is 2.88. The number of nitrogens with zero attached hydrogens (tertiary/aromatic N) is 1. The highest BCUT2D eigenvalue weighted by Gasteiger charge is 2.45. The lowest BCUT2D eigenvalue weighted by molar-refractivity contribution is -0.917. The van der Waals surface area contributed by atoms with Gasteiger partial charge in [-0.25, -0.2) is 0 Å². The fourth-order valence-corrected chi connectivity index (χ4v) is 5.47. The van der Waals surface area contributed by atoms with Crippen LogP contribution in [0.1, 0.15) is 36.0 Å². The molecule has 35 heavy (non-hydrogen) atoms. The molecule has 1 heterocycles. The Kier molecular flexibility index (Phi) is 8.66. The molecule has 1 aliphatic heterocycles.